The lowest BCUT2D eigenvalue weighted by Crippen LogP contribution is -2.52. The molecule has 0 spiro atoms. The first-order chi connectivity index (χ1) is 17.1. The summed E-state index contributed by atoms with van der Waals surface area (Å²) < 4.78 is 0. The van der Waals surface area contributed by atoms with Crippen LogP contribution in [-0.2, 0) is 0 Å². The topological polar surface area (TPSA) is 57.7 Å². The number of likely N-dealkylation sites (tertiary alicyclic amines) is 2. The van der Waals surface area contributed by atoms with Crippen LogP contribution in [0.25, 0.3) is 0 Å². The van der Waals surface area contributed by atoms with Crippen molar-refractivity contribution in [2.24, 2.45) is 0 Å². The van der Waals surface area contributed by atoms with Crippen LogP contribution in [0.5, 0.6) is 0 Å². The molecule has 0 unspecified atom stereocenters. The number of hydrogen-bond donors (Lipinski definition) is 0. The van der Waals surface area contributed by atoms with Crippen molar-refractivity contribution >= 4 is 17.3 Å². The van der Waals surface area contributed by atoms with Gasteiger partial charge in [-0.25, -0.2) is 0 Å². The lowest BCUT2D eigenvalue weighted by Gasteiger charge is -2.39. The zero-order valence-corrected chi connectivity index (χ0v) is 22.3. The molecule has 5 heteroatoms. The van der Waals surface area contributed by atoms with Crippen LogP contribution >= 0.6 is 0 Å². The van der Waals surface area contributed by atoms with E-state index in [1.807, 2.05) is 27.7 Å². The highest BCUT2D eigenvalue weighted by Crippen LogP contribution is 2.27. The van der Waals surface area contributed by atoms with E-state index in [1.165, 1.54) is 12.8 Å². The van der Waals surface area contributed by atoms with Gasteiger partial charge in [0.05, 0.1) is 11.1 Å². The molecular weight excluding hydrogens is 448 g/mol. The quantitative estimate of drug-likeness (QED) is 0.439. The number of rotatable bonds is 8. The highest BCUT2D eigenvalue weighted by molar-refractivity contribution is 6.11. The SMILES string of the molecule is CC(C)(C(=O)c1ccc(C(=O)c2ccc(C(=O)C(C)(C)N3CCCCC3)cc2)cc1)N1CCCCC1. The molecule has 0 radical (unpaired) electrons. The highest BCUT2D eigenvalue weighted by Gasteiger charge is 2.36. The fourth-order valence-electron chi connectivity index (χ4n) is 5.61. The zero-order valence-electron chi connectivity index (χ0n) is 22.3. The van der Waals surface area contributed by atoms with Gasteiger partial charge in [0.2, 0.25) is 0 Å². The first-order valence-electron chi connectivity index (χ1n) is 13.5. The Morgan fingerprint density at radius 1 is 0.500 bits per heavy atom. The van der Waals surface area contributed by atoms with Crippen LogP contribution in [0.2, 0.25) is 0 Å². The first-order valence-corrected chi connectivity index (χ1v) is 13.5. The minimum atomic E-state index is -0.559. The minimum absolute atomic E-state index is 0.0857. The molecular formula is C31H40N2O3. The molecule has 192 valence electrons. The maximum atomic E-state index is 13.3. The molecule has 2 fully saturated rings. The number of benzene rings is 2. The van der Waals surface area contributed by atoms with Gasteiger partial charge in [-0.3, -0.25) is 24.2 Å². The predicted molar refractivity (Wildman–Crippen MR) is 144 cm³/mol. The van der Waals surface area contributed by atoms with Crippen molar-refractivity contribution in [3.63, 3.8) is 0 Å². The third-order valence-electron chi connectivity index (χ3n) is 8.22. The largest absolute Gasteiger partial charge is 0.292 e. The van der Waals surface area contributed by atoms with E-state index in [9.17, 15) is 14.4 Å². The second-order valence-corrected chi connectivity index (χ2v) is 11.4. The van der Waals surface area contributed by atoms with Crippen molar-refractivity contribution in [1.29, 1.82) is 0 Å². The van der Waals surface area contributed by atoms with Gasteiger partial charge in [0.1, 0.15) is 0 Å². The number of Topliss-reactive ketones (excluding diaryl/α,β-unsaturated/α-hetero) is 2. The van der Waals surface area contributed by atoms with Crippen molar-refractivity contribution in [2.75, 3.05) is 26.2 Å². The standard InChI is InChI=1S/C31H40N2O3/c1-30(2,32-19-7-5-8-20-32)28(35)25-15-11-23(12-16-25)27(34)24-13-17-26(18-14-24)29(36)31(3,4)33-21-9-6-10-22-33/h11-18H,5-10,19-22H2,1-4H3. The van der Waals surface area contributed by atoms with Gasteiger partial charge in [-0.15, -0.1) is 0 Å². The fourth-order valence-corrected chi connectivity index (χ4v) is 5.61. The molecule has 2 heterocycles. The maximum absolute atomic E-state index is 13.3. The minimum Gasteiger partial charge on any atom is -0.292 e. The van der Waals surface area contributed by atoms with Gasteiger partial charge in [0.15, 0.2) is 17.3 Å². The summed E-state index contributed by atoms with van der Waals surface area (Å²) in [6.07, 6.45) is 6.97. The molecule has 2 saturated heterocycles. The van der Waals surface area contributed by atoms with Crippen LogP contribution in [-0.4, -0.2) is 64.4 Å². The summed E-state index contributed by atoms with van der Waals surface area (Å²) in [5.41, 5.74) is 1.21. The summed E-state index contributed by atoms with van der Waals surface area (Å²) in [5, 5.41) is 0. The molecule has 0 aromatic heterocycles. The van der Waals surface area contributed by atoms with Crippen LogP contribution in [0.1, 0.15) is 103 Å². The van der Waals surface area contributed by atoms with Crippen molar-refractivity contribution < 1.29 is 14.4 Å². The van der Waals surface area contributed by atoms with Crippen molar-refractivity contribution in [1.82, 2.24) is 9.80 Å². The predicted octanol–water partition coefficient (Wildman–Crippen LogP) is 5.81. The number of ketones is 3. The van der Waals surface area contributed by atoms with E-state index in [0.717, 1.165) is 51.9 Å². The van der Waals surface area contributed by atoms with E-state index in [-0.39, 0.29) is 17.3 Å². The Hall–Kier alpha value is -2.63. The monoisotopic (exact) mass is 488 g/mol. The smallest absolute Gasteiger partial charge is 0.193 e. The van der Waals surface area contributed by atoms with Crippen LogP contribution < -0.4 is 0 Å². The Bertz CT molecular complexity index is 1000. The lowest BCUT2D eigenvalue weighted by molar-refractivity contribution is 0.0576. The van der Waals surface area contributed by atoms with Crippen molar-refractivity contribution in [2.45, 2.75) is 77.3 Å². The Kier molecular flexibility index (Phi) is 7.91. The van der Waals surface area contributed by atoms with E-state index in [1.54, 1.807) is 48.5 Å². The average Bonchev–Trinajstić information content (AvgIpc) is 2.93. The molecule has 0 atom stereocenters. The number of carbonyl (C=O) groups excluding carboxylic acids is 3. The number of piperidine rings is 2. The van der Waals surface area contributed by atoms with Gasteiger partial charge in [0, 0.05) is 22.3 Å². The number of carbonyl (C=O) groups is 3. The third kappa shape index (κ3) is 5.37. The summed E-state index contributed by atoms with van der Waals surface area (Å²) >= 11 is 0. The molecule has 2 aromatic carbocycles. The molecule has 4 rings (SSSR count). The Balaban J connectivity index is 1.44. The van der Waals surface area contributed by atoms with E-state index in [0.29, 0.717) is 22.3 Å². The van der Waals surface area contributed by atoms with Crippen molar-refractivity contribution in [3.8, 4) is 0 Å². The fraction of sp³-hybridized carbons (Fsp3) is 0.516. The molecule has 0 bridgehead atoms. The van der Waals surface area contributed by atoms with Crippen LogP contribution in [0.4, 0.5) is 0 Å². The maximum Gasteiger partial charge on any atom is 0.193 e. The molecule has 2 aliphatic rings. The van der Waals surface area contributed by atoms with E-state index in [4.69, 9.17) is 0 Å². The van der Waals surface area contributed by atoms with Gasteiger partial charge >= 0.3 is 0 Å². The van der Waals surface area contributed by atoms with Gasteiger partial charge in [-0.1, -0.05) is 61.4 Å². The molecule has 2 aliphatic heterocycles. The normalized spacial score (nSPS) is 18.1. The van der Waals surface area contributed by atoms with E-state index < -0.39 is 11.1 Å². The highest BCUT2D eigenvalue weighted by atomic mass is 16.1. The van der Waals surface area contributed by atoms with Crippen molar-refractivity contribution in [3.05, 3.63) is 70.8 Å². The molecule has 36 heavy (non-hydrogen) atoms. The Morgan fingerprint density at radius 2 is 0.778 bits per heavy atom. The zero-order chi connectivity index (χ0) is 25.9. The second-order valence-electron chi connectivity index (χ2n) is 11.4. The summed E-state index contributed by atoms with van der Waals surface area (Å²) in [5.74, 6) is 0.0590. The third-order valence-corrected chi connectivity index (χ3v) is 8.22. The molecule has 0 amide bonds. The molecule has 0 saturated carbocycles. The van der Waals surface area contributed by atoms with Crippen LogP contribution in [0, 0.1) is 0 Å². The molecule has 5 nitrogen and oxygen atoms in total. The summed E-state index contributed by atoms with van der Waals surface area (Å²) in [7, 11) is 0. The number of nitrogens with zero attached hydrogens (tertiary/aromatic N) is 2. The van der Waals surface area contributed by atoms with Gasteiger partial charge in [0.25, 0.3) is 0 Å². The van der Waals surface area contributed by atoms with Crippen LogP contribution in [0.15, 0.2) is 48.5 Å². The molecule has 0 aliphatic carbocycles. The molecule has 0 N–H and O–H groups in total. The number of hydrogen-bond acceptors (Lipinski definition) is 5. The van der Waals surface area contributed by atoms with Gasteiger partial charge < -0.3 is 0 Å². The average molecular weight is 489 g/mol. The van der Waals surface area contributed by atoms with E-state index in [2.05, 4.69) is 9.80 Å². The van der Waals surface area contributed by atoms with Gasteiger partial charge in [-0.2, -0.15) is 0 Å². The summed E-state index contributed by atoms with van der Waals surface area (Å²) in [6, 6.07) is 14.0. The van der Waals surface area contributed by atoms with Crippen LogP contribution in [0.3, 0.4) is 0 Å². The van der Waals surface area contributed by atoms with Gasteiger partial charge in [-0.05, 0) is 79.6 Å². The Labute approximate surface area is 215 Å². The Morgan fingerprint density at radius 3 is 1.08 bits per heavy atom. The lowest BCUT2D eigenvalue weighted by atomic mass is 9.88. The summed E-state index contributed by atoms with van der Waals surface area (Å²) in [4.78, 5) is 44.2. The first kappa shape index (κ1) is 26.4. The van der Waals surface area contributed by atoms with E-state index >= 15 is 0 Å². The molecule has 2 aromatic rings. The second kappa shape index (κ2) is 10.8. The summed E-state index contributed by atoms with van der Waals surface area (Å²) in [6.45, 7) is 11.8.